The van der Waals surface area contributed by atoms with Crippen molar-refractivity contribution >= 4 is 5.97 Å². The molecule has 1 N–H and O–H groups in total. The summed E-state index contributed by atoms with van der Waals surface area (Å²) in [6.07, 6.45) is 0.916. The standard InChI is InChI=1S/C13H26N2O4/c1-3-19-13(16)12-11-14-5-7-15(12)6-4-8-18-10-9-17-2/h12,14H,3-11H2,1-2H3. The molecule has 0 aromatic carbocycles. The van der Waals surface area contributed by atoms with Gasteiger partial charge >= 0.3 is 5.97 Å². The number of carbonyl (C=O) groups excluding carboxylic acids is 1. The summed E-state index contributed by atoms with van der Waals surface area (Å²) in [6, 6.07) is -0.160. The molecule has 1 saturated heterocycles. The number of rotatable bonds is 9. The number of hydrogen-bond donors (Lipinski definition) is 1. The van der Waals surface area contributed by atoms with Crippen LogP contribution in [0.15, 0.2) is 0 Å². The molecule has 1 aliphatic rings. The van der Waals surface area contributed by atoms with Gasteiger partial charge in [-0.3, -0.25) is 9.69 Å². The molecule has 112 valence electrons. The summed E-state index contributed by atoms with van der Waals surface area (Å²) in [4.78, 5) is 14.0. The Balaban J connectivity index is 2.22. The molecule has 0 bridgehead atoms. The summed E-state index contributed by atoms with van der Waals surface area (Å²) in [7, 11) is 1.66. The average Bonchev–Trinajstić information content (AvgIpc) is 2.43. The molecule has 1 atom stereocenters. The van der Waals surface area contributed by atoms with Gasteiger partial charge in [0.25, 0.3) is 0 Å². The van der Waals surface area contributed by atoms with Crippen LogP contribution in [0.5, 0.6) is 0 Å². The van der Waals surface area contributed by atoms with Crippen LogP contribution >= 0.6 is 0 Å². The number of nitrogens with zero attached hydrogens (tertiary/aromatic N) is 1. The van der Waals surface area contributed by atoms with Gasteiger partial charge in [-0.15, -0.1) is 0 Å². The zero-order valence-electron chi connectivity index (χ0n) is 12.0. The van der Waals surface area contributed by atoms with Gasteiger partial charge in [-0.25, -0.2) is 0 Å². The third kappa shape index (κ3) is 6.33. The molecule has 1 aliphatic heterocycles. The normalized spacial score (nSPS) is 20.4. The number of methoxy groups -OCH3 is 1. The van der Waals surface area contributed by atoms with Crippen LogP contribution in [-0.2, 0) is 19.0 Å². The fraction of sp³-hybridized carbons (Fsp3) is 0.923. The van der Waals surface area contributed by atoms with Gasteiger partial charge in [0.05, 0.1) is 19.8 Å². The Bertz CT molecular complexity index is 251. The van der Waals surface area contributed by atoms with Crippen LogP contribution in [0.25, 0.3) is 0 Å². The lowest BCUT2D eigenvalue weighted by Crippen LogP contribution is -2.55. The first-order valence-corrected chi connectivity index (χ1v) is 6.97. The second kappa shape index (κ2) is 10.1. The first kappa shape index (κ1) is 16.4. The quantitative estimate of drug-likeness (QED) is 0.467. The molecule has 19 heavy (non-hydrogen) atoms. The molecule has 0 aromatic heterocycles. The second-order valence-corrected chi connectivity index (χ2v) is 4.47. The largest absolute Gasteiger partial charge is 0.465 e. The molecule has 0 aromatic rings. The average molecular weight is 274 g/mol. The van der Waals surface area contributed by atoms with Crippen molar-refractivity contribution in [3.63, 3.8) is 0 Å². The predicted octanol–water partition coefficient (Wildman–Crippen LogP) is -0.124. The van der Waals surface area contributed by atoms with Crippen molar-refractivity contribution in [2.45, 2.75) is 19.4 Å². The summed E-state index contributed by atoms with van der Waals surface area (Å²) in [6.45, 7) is 7.54. The van der Waals surface area contributed by atoms with Gasteiger partial charge in [0, 0.05) is 39.9 Å². The molecule has 1 heterocycles. The van der Waals surface area contributed by atoms with E-state index in [1.807, 2.05) is 6.92 Å². The Kier molecular flexibility index (Phi) is 8.73. The highest BCUT2D eigenvalue weighted by molar-refractivity contribution is 5.76. The second-order valence-electron chi connectivity index (χ2n) is 4.47. The van der Waals surface area contributed by atoms with E-state index in [9.17, 15) is 4.79 Å². The van der Waals surface area contributed by atoms with E-state index >= 15 is 0 Å². The monoisotopic (exact) mass is 274 g/mol. The van der Waals surface area contributed by atoms with E-state index in [2.05, 4.69) is 10.2 Å². The van der Waals surface area contributed by atoms with E-state index in [0.717, 1.165) is 26.1 Å². The highest BCUT2D eigenvalue weighted by atomic mass is 16.5. The molecule has 1 unspecified atom stereocenters. The molecule has 0 amide bonds. The Hall–Kier alpha value is -0.690. The van der Waals surface area contributed by atoms with Crippen molar-refractivity contribution in [1.29, 1.82) is 0 Å². The molecule has 0 radical (unpaired) electrons. The smallest absolute Gasteiger partial charge is 0.324 e. The minimum Gasteiger partial charge on any atom is -0.465 e. The van der Waals surface area contributed by atoms with Gasteiger partial charge in [-0.05, 0) is 13.3 Å². The molecule has 0 spiro atoms. The Morgan fingerprint density at radius 3 is 2.95 bits per heavy atom. The van der Waals surface area contributed by atoms with Crippen LogP contribution in [-0.4, -0.2) is 76.6 Å². The van der Waals surface area contributed by atoms with E-state index in [4.69, 9.17) is 14.2 Å². The van der Waals surface area contributed by atoms with Gasteiger partial charge in [0.15, 0.2) is 0 Å². The number of esters is 1. The minimum atomic E-state index is -0.160. The Labute approximate surface area is 115 Å². The third-order valence-electron chi connectivity index (χ3n) is 3.08. The summed E-state index contributed by atoms with van der Waals surface area (Å²) >= 11 is 0. The third-order valence-corrected chi connectivity index (χ3v) is 3.08. The zero-order chi connectivity index (χ0) is 13.9. The number of hydrogen-bond acceptors (Lipinski definition) is 6. The van der Waals surface area contributed by atoms with Crippen molar-refractivity contribution in [3.05, 3.63) is 0 Å². The number of nitrogens with one attached hydrogen (secondary N) is 1. The first-order valence-electron chi connectivity index (χ1n) is 6.97. The zero-order valence-corrected chi connectivity index (χ0v) is 12.0. The fourth-order valence-electron chi connectivity index (χ4n) is 2.10. The van der Waals surface area contributed by atoms with Crippen LogP contribution in [0.2, 0.25) is 0 Å². The molecule has 1 rings (SSSR count). The summed E-state index contributed by atoms with van der Waals surface area (Å²) in [5, 5.41) is 3.23. The molecular formula is C13H26N2O4. The summed E-state index contributed by atoms with van der Waals surface area (Å²) < 4.78 is 15.4. The van der Waals surface area contributed by atoms with Crippen molar-refractivity contribution in [2.24, 2.45) is 0 Å². The van der Waals surface area contributed by atoms with Crippen molar-refractivity contribution < 1.29 is 19.0 Å². The lowest BCUT2D eigenvalue weighted by Gasteiger charge is -2.34. The van der Waals surface area contributed by atoms with E-state index < -0.39 is 0 Å². The Morgan fingerprint density at radius 1 is 1.37 bits per heavy atom. The van der Waals surface area contributed by atoms with E-state index in [0.29, 0.717) is 33.0 Å². The van der Waals surface area contributed by atoms with Crippen molar-refractivity contribution in [1.82, 2.24) is 10.2 Å². The lowest BCUT2D eigenvalue weighted by molar-refractivity contribution is -0.150. The molecular weight excluding hydrogens is 248 g/mol. The van der Waals surface area contributed by atoms with Crippen LogP contribution in [0, 0.1) is 0 Å². The van der Waals surface area contributed by atoms with Crippen LogP contribution in [0.1, 0.15) is 13.3 Å². The maximum Gasteiger partial charge on any atom is 0.324 e. The maximum absolute atomic E-state index is 11.8. The Morgan fingerprint density at radius 2 is 2.21 bits per heavy atom. The van der Waals surface area contributed by atoms with Crippen LogP contribution < -0.4 is 5.32 Å². The van der Waals surface area contributed by atoms with Gasteiger partial charge in [-0.1, -0.05) is 0 Å². The van der Waals surface area contributed by atoms with Crippen molar-refractivity contribution in [3.8, 4) is 0 Å². The SMILES string of the molecule is CCOC(=O)C1CNCCN1CCCOCCOC. The van der Waals surface area contributed by atoms with Gasteiger partial charge < -0.3 is 19.5 Å². The van der Waals surface area contributed by atoms with E-state index in [-0.39, 0.29) is 12.0 Å². The number of piperazine rings is 1. The van der Waals surface area contributed by atoms with Crippen molar-refractivity contribution in [2.75, 3.05) is 59.7 Å². The molecule has 0 saturated carbocycles. The van der Waals surface area contributed by atoms with Crippen LogP contribution in [0.4, 0.5) is 0 Å². The highest BCUT2D eigenvalue weighted by Crippen LogP contribution is 2.06. The van der Waals surface area contributed by atoms with E-state index in [1.165, 1.54) is 0 Å². The minimum absolute atomic E-state index is 0.130. The topological polar surface area (TPSA) is 60.0 Å². The lowest BCUT2D eigenvalue weighted by atomic mass is 10.2. The number of carbonyl (C=O) groups is 1. The molecule has 1 fully saturated rings. The molecule has 6 nitrogen and oxygen atoms in total. The highest BCUT2D eigenvalue weighted by Gasteiger charge is 2.29. The predicted molar refractivity (Wildman–Crippen MR) is 72.2 cm³/mol. The first-order chi connectivity index (χ1) is 9.29. The van der Waals surface area contributed by atoms with E-state index in [1.54, 1.807) is 7.11 Å². The number of ether oxygens (including phenoxy) is 3. The summed E-state index contributed by atoms with van der Waals surface area (Å²) in [5.41, 5.74) is 0. The fourth-order valence-corrected chi connectivity index (χ4v) is 2.10. The van der Waals surface area contributed by atoms with Gasteiger partial charge in [0.1, 0.15) is 6.04 Å². The van der Waals surface area contributed by atoms with Gasteiger partial charge in [-0.2, -0.15) is 0 Å². The maximum atomic E-state index is 11.8. The van der Waals surface area contributed by atoms with Gasteiger partial charge in [0.2, 0.25) is 0 Å². The molecule has 0 aliphatic carbocycles. The summed E-state index contributed by atoms with van der Waals surface area (Å²) in [5.74, 6) is -0.130. The molecule has 6 heteroatoms. The van der Waals surface area contributed by atoms with Crippen LogP contribution in [0.3, 0.4) is 0 Å².